The standard InChI is InChI=1S/C21H25NO6S/c1-5-22(6-2)29(25,26)16-12-11-15(3)18(13-16)21(24)28-14-19(23)17-9-7-8-10-20(17)27-4/h7-13H,5-6,14H2,1-4H3. The van der Waals surface area contributed by atoms with Gasteiger partial charge in [-0.25, -0.2) is 13.2 Å². The number of carbonyl (C=O) groups excluding carboxylic acids is 2. The van der Waals surface area contributed by atoms with E-state index < -0.39 is 28.4 Å². The highest BCUT2D eigenvalue weighted by atomic mass is 32.2. The molecular formula is C21H25NO6S. The summed E-state index contributed by atoms with van der Waals surface area (Å²) >= 11 is 0. The van der Waals surface area contributed by atoms with Crippen LogP contribution >= 0.6 is 0 Å². The molecule has 29 heavy (non-hydrogen) atoms. The van der Waals surface area contributed by atoms with E-state index in [0.29, 0.717) is 30.0 Å². The van der Waals surface area contributed by atoms with Crippen molar-refractivity contribution in [3.63, 3.8) is 0 Å². The van der Waals surface area contributed by atoms with Crippen molar-refractivity contribution in [2.45, 2.75) is 25.7 Å². The zero-order chi connectivity index (χ0) is 21.6. The minimum atomic E-state index is -3.72. The van der Waals surface area contributed by atoms with Crippen molar-refractivity contribution in [1.29, 1.82) is 0 Å². The second kappa shape index (κ2) is 9.67. The number of nitrogens with zero attached hydrogens (tertiary/aromatic N) is 1. The SMILES string of the molecule is CCN(CC)S(=O)(=O)c1ccc(C)c(C(=O)OCC(=O)c2ccccc2OC)c1. The first-order valence-corrected chi connectivity index (χ1v) is 10.6. The Hall–Kier alpha value is -2.71. The number of ether oxygens (including phenoxy) is 2. The van der Waals surface area contributed by atoms with Gasteiger partial charge in [0, 0.05) is 13.1 Å². The monoisotopic (exact) mass is 419 g/mol. The van der Waals surface area contributed by atoms with Gasteiger partial charge in [-0.1, -0.05) is 32.0 Å². The van der Waals surface area contributed by atoms with Crippen LogP contribution in [0.2, 0.25) is 0 Å². The summed E-state index contributed by atoms with van der Waals surface area (Å²) in [5.41, 5.74) is 0.960. The number of benzene rings is 2. The molecule has 0 aromatic heterocycles. The lowest BCUT2D eigenvalue weighted by Gasteiger charge is -2.19. The summed E-state index contributed by atoms with van der Waals surface area (Å²) in [6.07, 6.45) is 0. The van der Waals surface area contributed by atoms with Gasteiger partial charge in [0.05, 0.1) is 23.1 Å². The van der Waals surface area contributed by atoms with E-state index in [1.54, 1.807) is 51.1 Å². The van der Waals surface area contributed by atoms with Crippen molar-refractivity contribution in [3.8, 4) is 5.75 Å². The molecule has 2 aromatic carbocycles. The van der Waals surface area contributed by atoms with Crippen molar-refractivity contribution in [2.75, 3.05) is 26.8 Å². The molecule has 0 heterocycles. The number of hydrogen-bond donors (Lipinski definition) is 0. The van der Waals surface area contributed by atoms with Gasteiger partial charge in [-0.2, -0.15) is 4.31 Å². The van der Waals surface area contributed by atoms with Crippen LogP contribution in [0.5, 0.6) is 5.75 Å². The summed E-state index contributed by atoms with van der Waals surface area (Å²) in [6.45, 7) is 5.32. The lowest BCUT2D eigenvalue weighted by molar-refractivity contribution is 0.0473. The molecule has 0 fully saturated rings. The van der Waals surface area contributed by atoms with E-state index in [2.05, 4.69) is 0 Å². The van der Waals surface area contributed by atoms with Gasteiger partial charge in [-0.05, 0) is 36.8 Å². The van der Waals surface area contributed by atoms with E-state index in [4.69, 9.17) is 9.47 Å². The summed E-state index contributed by atoms with van der Waals surface area (Å²) < 4.78 is 37.0. The van der Waals surface area contributed by atoms with Crippen LogP contribution in [0.4, 0.5) is 0 Å². The number of sulfonamides is 1. The maximum absolute atomic E-state index is 12.7. The summed E-state index contributed by atoms with van der Waals surface area (Å²) in [7, 11) is -2.27. The fourth-order valence-electron chi connectivity index (χ4n) is 2.86. The van der Waals surface area contributed by atoms with E-state index >= 15 is 0 Å². The van der Waals surface area contributed by atoms with Crippen molar-refractivity contribution in [1.82, 2.24) is 4.31 Å². The Morgan fingerprint density at radius 2 is 1.66 bits per heavy atom. The first-order valence-electron chi connectivity index (χ1n) is 9.20. The molecule has 156 valence electrons. The van der Waals surface area contributed by atoms with Crippen LogP contribution in [0.1, 0.15) is 40.1 Å². The summed E-state index contributed by atoms with van der Waals surface area (Å²) in [5.74, 6) is -0.792. The van der Waals surface area contributed by atoms with E-state index in [0.717, 1.165) is 0 Å². The normalized spacial score (nSPS) is 11.3. The van der Waals surface area contributed by atoms with Crippen LogP contribution in [-0.2, 0) is 14.8 Å². The van der Waals surface area contributed by atoms with Gasteiger partial charge in [0.25, 0.3) is 0 Å². The molecule has 0 spiro atoms. The van der Waals surface area contributed by atoms with Gasteiger partial charge < -0.3 is 9.47 Å². The number of ketones is 1. The first kappa shape index (κ1) is 22.6. The molecule has 0 aliphatic carbocycles. The fourth-order valence-corrected chi connectivity index (χ4v) is 4.34. The molecule has 0 saturated heterocycles. The van der Waals surface area contributed by atoms with Crippen LogP contribution in [0.25, 0.3) is 0 Å². The molecule has 7 nitrogen and oxygen atoms in total. The zero-order valence-electron chi connectivity index (χ0n) is 17.0. The molecule has 2 aromatic rings. The molecule has 0 saturated carbocycles. The Balaban J connectivity index is 2.22. The summed E-state index contributed by atoms with van der Waals surface area (Å²) in [4.78, 5) is 24.9. The van der Waals surface area contributed by atoms with Gasteiger partial charge in [0.15, 0.2) is 6.61 Å². The molecule has 8 heteroatoms. The van der Waals surface area contributed by atoms with Crippen molar-refractivity contribution in [2.24, 2.45) is 0 Å². The van der Waals surface area contributed by atoms with Gasteiger partial charge >= 0.3 is 5.97 Å². The Kier molecular flexibility index (Phi) is 7.53. The minimum Gasteiger partial charge on any atom is -0.496 e. The number of rotatable bonds is 9. The number of esters is 1. The molecule has 0 N–H and O–H groups in total. The smallest absolute Gasteiger partial charge is 0.338 e. The molecule has 0 bridgehead atoms. The van der Waals surface area contributed by atoms with Crippen LogP contribution in [0.3, 0.4) is 0 Å². The van der Waals surface area contributed by atoms with Crippen LogP contribution in [0, 0.1) is 6.92 Å². The lowest BCUT2D eigenvalue weighted by atomic mass is 10.1. The third-order valence-corrected chi connectivity index (χ3v) is 6.56. The van der Waals surface area contributed by atoms with Crippen LogP contribution in [0.15, 0.2) is 47.4 Å². The molecule has 0 unspecified atom stereocenters. The quantitative estimate of drug-likeness (QED) is 0.458. The Morgan fingerprint density at radius 1 is 1.00 bits per heavy atom. The van der Waals surface area contributed by atoms with Crippen molar-refractivity contribution in [3.05, 3.63) is 59.2 Å². The fraction of sp³-hybridized carbons (Fsp3) is 0.333. The molecule has 0 aliphatic heterocycles. The summed E-state index contributed by atoms with van der Waals surface area (Å²) in [6, 6.07) is 10.9. The highest BCUT2D eigenvalue weighted by molar-refractivity contribution is 7.89. The largest absolute Gasteiger partial charge is 0.496 e. The van der Waals surface area contributed by atoms with Crippen molar-refractivity contribution < 1.29 is 27.5 Å². The van der Waals surface area contributed by atoms with Crippen LogP contribution < -0.4 is 4.74 Å². The predicted molar refractivity (Wildman–Crippen MR) is 109 cm³/mol. The Morgan fingerprint density at radius 3 is 2.28 bits per heavy atom. The maximum Gasteiger partial charge on any atom is 0.338 e. The molecule has 2 rings (SSSR count). The van der Waals surface area contributed by atoms with Gasteiger partial charge in [-0.3, -0.25) is 4.79 Å². The lowest BCUT2D eigenvalue weighted by Crippen LogP contribution is -2.30. The number of methoxy groups -OCH3 is 1. The Labute approximate surface area is 171 Å². The molecule has 0 aliphatic rings. The maximum atomic E-state index is 12.7. The summed E-state index contributed by atoms with van der Waals surface area (Å²) in [5, 5.41) is 0. The average Bonchev–Trinajstić information content (AvgIpc) is 2.72. The predicted octanol–water partition coefficient (Wildman–Crippen LogP) is 3.07. The molecule has 0 atom stereocenters. The van der Waals surface area contributed by atoms with Gasteiger partial charge in [0.2, 0.25) is 15.8 Å². The van der Waals surface area contributed by atoms with Gasteiger partial charge in [-0.15, -0.1) is 0 Å². The van der Waals surface area contributed by atoms with E-state index in [1.807, 2.05) is 0 Å². The number of carbonyl (C=O) groups is 2. The molecule has 0 radical (unpaired) electrons. The van der Waals surface area contributed by atoms with E-state index in [9.17, 15) is 18.0 Å². The highest BCUT2D eigenvalue weighted by Crippen LogP contribution is 2.21. The number of aryl methyl sites for hydroxylation is 1. The minimum absolute atomic E-state index is 0.00908. The number of Topliss-reactive ketones (excluding diaryl/α,β-unsaturated/α-hetero) is 1. The first-order chi connectivity index (χ1) is 13.8. The van der Waals surface area contributed by atoms with E-state index in [1.165, 1.54) is 23.5 Å². The number of para-hydroxylation sites is 1. The van der Waals surface area contributed by atoms with E-state index in [-0.39, 0.29) is 10.5 Å². The third-order valence-electron chi connectivity index (χ3n) is 4.51. The molecule has 0 amide bonds. The second-order valence-corrected chi connectivity index (χ2v) is 8.20. The zero-order valence-corrected chi connectivity index (χ0v) is 17.8. The topological polar surface area (TPSA) is 90.0 Å². The third kappa shape index (κ3) is 5.02. The van der Waals surface area contributed by atoms with Crippen molar-refractivity contribution >= 4 is 21.8 Å². The Bertz CT molecular complexity index is 996. The van der Waals surface area contributed by atoms with Gasteiger partial charge in [0.1, 0.15) is 5.75 Å². The average molecular weight is 419 g/mol. The van der Waals surface area contributed by atoms with Crippen LogP contribution in [-0.4, -0.2) is 51.3 Å². The number of hydrogen-bond acceptors (Lipinski definition) is 6. The molecular weight excluding hydrogens is 394 g/mol. The highest BCUT2D eigenvalue weighted by Gasteiger charge is 2.24. The second-order valence-electron chi connectivity index (χ2n) is 6.27.